The van der Waals surface area contributed by atoms with Crippen molar-refractivity contribution in [2.24, 2.45) is 0 Å². The van der Waals surface area contributed by atoms with Crippen molar-refractivity contribution in [1.82, 2.24) is 5.32 Å². The number of nitrogens with zero attached hydrogens (tertiary/aromatic N) is 1. The van der Waals surface area contributed by atoms with Gasteiger partial charge in [0.25, 0.3) is 5.91 Å². The molecule has 1 saturated heterocycles. The summed E-state index contributed by atoms with van der Waals surface area (Å²) in [6.45, 7) is 4.37. The van der Waals surface area contributed by atoms with Crippen LogP contribution in [0.4, 0.5) is 5.69 Å². The standard InChI is InChI=1S/C21H26N2O3S/c1-3-19(17-9-5-4-6-10-17)22-21(24)18-12-11-16(2)20(15-18)23-13-7-8-14-27(23,25)26/h4-6,9-12,15,19H,3,7-8,13-14H2,1-2H3,(H,22,24)/t19-/m1/s1. The highest BCUT2D eigenvalue weighted by Crippen LogP contribution is 2.28. The highest BCUT2D eigenvalue weighted by molar-refractivity contribution is 7.92. The SMILES string of the molecule is CC[C@@H](NC(=O)c1ccc(C)c(N2CCCCS2(=O)=O)c1)c1ccccc1. The van der Waals surface area contributed by atoms with Gasteiger partial charge in [0.05, 0.1) is 17.5 Å². The monoisotopic (exact) mass is 386 g/mol. The summed E-state index contributed by atoms with van der Waals surface area (Å²) in [6.07, 6.45) is 2.29. The normalized spacial score (nSPS) is 17.3. The van der Waals surface area contributed by atoms with Gasteiger partial charge in [-0.2, -0.15) is 0 Å². The summed E-state index contributed by atoms with van der Waals surface area (Å²) in [7, 11) is -3.31. The first-order chi connectivity index (χ1) is 12.9. The molecule has 5 nitrogen and oxygen atoms in total. The molecule has 0 spiro atoms. The molecule has 0 bridgehead atoms. The lowest BCUT2D eigenvalue weighted by Gasteiger charge is -2.30. The van der Waals surface area contributed by atoms with E-state index in [2.05, 4.69) is 5.32 Å². The van der Waals surface area contributed by atoms with E-state index in [-0.39, 0.29) is 17.7 Å². The van der Waals surface area contributed by atoms with E-state index in [1.165, 1.54) is 4.31 Å². The van der Waals surface area contributed by atoms with Crippen LogP contribution in [-0.2, 0) is 10.0 Å². The molecule has 1 atom stereocenters. The van der Waals surface area contributed by atoms with Crippen LogP contribution >= 0.6 is 0 Å². The van der Waals surface area contributed by atoms with Crippen LogP contribution in [0.5, 0.6) is 0 Å². The summed E-state index contributed by atoms with van der Waals surface area (Å²) in [4.78, 5) is 12.8. The van der Waals surface area contributed by atoms with Gasteiger partial charge in [0.2, 0.25) is 10.0 Å². The predicted molar refractivity (Wildman–Crippen MR) is 108 cm³/mol. The van der Waals surface area contributed by atoms with Crippen LogP contribution in [0.3, 0.4) is 0 Å². The third kappa shape index (κ3) is 4.33. The molecule has 1 N–H and O–H groups in total. The van der Waals surface area contributed by atoms with Gasteiger partial charge >= 0.3 is 0 Å². The van der Waals surface area contributed by atoms with E-state index < -0.39 is 10.0 Å². The third-order valence-electron chi connectivity index (χ3n) is 5.00. The van der Waals surface area contributed by atoms with Crippen molar-refractivity contribution < 1.29 is 13.2 Å². The van der Waals surface area contributed by atoms with Gasteiger partial charge in [-0.3, -0.25) is 9.10 Å². The molecule has 0 aromatic heterocycles. The fraction of sp³-hybridized carbons (Fsp3) is 0.381. The smallest absolute Gasteiger partial charge is 0.251 e. The van der Waals surface area contributed by atoms with Crippen LogP contribution in [0.2, 0.25) is 0 Å². The molecular weight excluding hydrogens is 360 g/mol. The first-order valence-corrected chi connectivity index (χ1v) is 11.0. The van der Waals surface area contributed by atoms with Crippen LogP contribution in [0.25, 0.3) is 0 Å². The van der Waals surface area contributed by atoms with E-state index in [1.54, 1.807) is 12.1 Å². The Kier molecular flexibility index (Phi) is 5.85. The fourth-order valence-electron chi connectivity index (χ4n) is 3.43. The lowest BCUT2D eigenvalue weighted by atomic mass is 10.0. The van der Waals surface area contributed by atoms with Gasteiger partial charge in [-0.1, -0.05) is 43.3 Å². The number of benzene rings is 2. The molecule has 6 heteroatoms. The average molecular weight is 387 g/mol. The van der Waals surface area contributed by atoms with Crippen molar-refractivity contribution >= 4 is 21.6 Å². The molecular formula is C21H26N2O3S. The molecule has 1 amide bonds. The molecule has 1 heterocycles. The van der Waals surface area contributed by atoms with Gasteiger partial charge in [0.15, 0.2) is 0 Å². The summed E-state index contributed by atoms with van der Waals surface area (Å²) in [5.41, 5.74) is 2.99. The Morgan fingerprint density at radius 1 is 1.15 bits per heavy atom. The van der Waals surface area contributed by atoms with E-state index in [9.17, 15) is 13.2 Å². The molecule has 0 aliphatic carbocycles. The fourth-order valence-corrected chi connectivity index (χ4v) is 5.12. The molecule has 1 aliphatic heterocycles. The van der Waals surface area contributed by atoms with Crippen molar-refractivity contribution in [2.45, 2.75) is 39.2 Å². The molecule has 27 heavy (non-hydrogen) atoms. The van der Waals surface area contributed by atoms with Crippen LogP contribution in [0.15, 0.2) is 48.5 Å². The quantitative estimate of drug-likeness (QED) is 0.850. The van der Waals surface area contributed by atoms with E-state index in [0.717, 1.165) is 24.0 Å². The van der Waals surface area contributed by atoms with Crippen LogP contribution in [-0.4, -0.2) is 26.6 Å². The maximum atomic E-state index is 12.8. The Morgan fingerprint density at radius 3 is 2.56 bits per heavy atom. The minimum absolute atomic E-state index is 0.0813. The summed E-state index contributed by atoms with van der Waals surface area (Å²) < 4.78 is 26.4. The summed E-state index contributed by atoms with van der Waals surface area (Å²) in [5, 5.41) is 3.06. The lowest BCUT2D eigenvalue weighted by molar-refractivity contribution is 0.0935. The van der Waals surface area contributed by atoms with Crippen LogP contribution in [0.1, 0.15) is 53.7 Å². The summed E-state index contributed by atoms with van der Waals surface area (Å²) in [5.74, 6) is -0.0317. The summed E-state index contributed by atoms with van der Waals surface area (Å²) in [6, 6.07) is 15.0. The zero-order valence-electron chi connectivity index (χ0n) is 15.8. The van der Waals surface area contributed by atoms with Crippen molar-refractivity contribution in [1.29, 1.82) is 0 Å². The van der Waals surface area contributed by atoms with Gasteiger partial charge in [0, 0.05) is 12.1 Å². The van der Waals surface area contributed by atoms with Gasteiger partial charge in [-0.25, -0.2) is 8.42 Å². The van der Waals surface area contributed by atoms with Gasteiger partial charge < -0.3 is 5.32 Å². The Bertz CT molecular complexity index is 910. The lowest BCUT2D eigenvalue weighted by Crippen LogP contribution is -2.38. The van der Waals surface area contributed by atoms with Crippen molar-refractivity contribution in [3.05, 3.63) is 65.2 Å². The van der Waals surface area contributed by atoms with Gasteiger partial charge in [-0.05, 0) is 49.4 Å². The first kappa shape index (κ1) is 19.4. The second kappa shape index (κ2) is 8.13. The molecule has 1 fully saturated rings. The first-order valence-electron chi connectivity index (χ1n) is 9.39. The zero-order chi connectivity index (χ0) is 19.4. The van der Waals surface area contributed by atoms with E-state index in [4.69, 9.17) is 0 Å². The average Bonchev–Trinajstić information content (AvgIpc) is 2.67. The number of hydrogen-bond donors (Lipinski definition) is 1. The number of aryl methyl sites for hydroxylation is 1. The number of hydrogen-bond acceptors (Lipinski definition) is 3. The van der Waals surface area contributed by atoms with Crippen molar-refractivity contribution in [2.75, 3.05) is 16.6 Å². The van der Waals surface area contributed by atoms with Gasteiger partial charge in [0.1, 0.15) is 0 Å². The molecule has 0 radical (unpaired) electrons. The Labute approximate surface area is 161 Å². The van der Waals surface area contributed by atoms with Crippen LogP contribution in [0, 0.1) is 6.92 Å². The predicted octanol–water partition coefficient (Wildman–Crippen LogP) is 3.81. The van der Waals surface area contributed by atoms with Crippen molar-refractivity contribution in [3.8, 4) is 0 Å². The Hall–Kier alpha value is -2.34. The highest BCUT2D eigenvalue weighted by atomic mass is 32.2. The van der Waals surface area contributed by atoms with E-state index >= 15 is 0 Å². The van der Waals surface area contributed by atoms with Gasteiger partial charge in [-0.15, -0.1) is 0 Å². The number of amides is 1. The maximum absolute atomic E-state index is 12.8. The van der Waals surface area contributed by atoms with E-state index in [1.807, 2.05) is 50.2 Å². The summed E-state index contributed by atoms with van der Waals surface area (Å²) >= 11 is 0. The molecule has 2 aromatic carbocycles. The third-order valence-corrected chi connectivity index (χ3v) is 6.86. The molecule has 0 unspecified atom stereocenters. The second-order valence-electron chi connectivity index (χ2n) is 6.94. The Balaban J connectivity index is 1.86. The number of sulfonamides is 1. The second-order valence-corrected chi connectivity index (χ2v) is 8.95. The minimum atomic E-state index is -3.31. The number of rotatable bonds is 5. The Morgan fingerprint density at radius 2 is 1.89 bits per heavy atom. The van der Waals surface area contributed by atoms with Crippen molar-refractivity contribution in [3.63, 3.8) is 0 Å². The zero-order valence-corrected chi connectivity index (χ0v) is 16.6. The topological polar surface area (TPSA) is 66.5 Å². The number of carbonyl (C=O) groups excluding carboxylic acids is 1. The molecule has 1 aliphatic rings. The maximum Gasteiger partial charge on any atom is 0.251 e. The molecule has 3 rings (SSSR count). The molecule has 0 saturated carbocycles. The largest absolute Gasteiger partial charge is 0.345 e. The molecule has 144 valence electrons. The number of anilines is 1. The highest BCUT2D eigenvalue weighted by Gasteiger charge is 2.27. The van der Waals surface area contributed by atoms with E-state index in [0.29, 0.717) is 24.2 Å². The number of nitrogens with one attached hydrogen (secondary N) is 1. The molecule has 2 aromatic rings. The van der Waals surface area contributed by atoms with Crippen LogP contribution < -0.4 is 9.62 Å². The number of carbonyl (C=O) groups is 1. The minimum Gasteiger partial charge on any atom is -0.345 e.